The Hall–Kier alpha value is -4.44. The first-order valence-corrected chi connectivity index (χ1v) is 11.3. The molecule has 4 heteroatoms. The number of azo groups is 1. The van der Waals surface area contributed by atoms with Crippen molar-refractivity contribution in [1.29, 1.82) is 0 Å². The lowest BCUT2D eigenvalue weighted by molar-refractivity contribution is 1.23. The summed E-state index contributed by atoms with van der Waals surface area (Å²) in [6.07, 6.45) is 0. The highest BCUT2D eigenvalue weighted by molar-refractivity contribution is 5.97. The van der Waals surface area contributed by atoms with Crippen LogP contribution < -0.4 is 10.6 Å². The summed E-state index contributed by atoms with van der Waals surface area (Å²) in [4.78, 5) is 2.24. The molecular weight excluding hydrogens is 416 g/mol. The van der Waals surface area contributed by atoms with Crippen LogP contribution in [-0.2, 0) is 0 Å². The van der Waals surface area contributed by atoms with Gasteiger partial charge in [0.05, 0.1) is 11.4 Å². The van der Waals surface area contributed by atoms with Gasteiger partial charge in [-0.3, -0.25) is 0 Å². The minimum Gasteiger partial charge on any atom is -0.397 e. The molecule has 0 saturated carbocycles. The molecular formula is C30H26N4. The van der Waals surface area contributed by atoms with E-state index in [0.717, 1.165) is 33.5 Å². The maximum Gasteiger partial charge on any atom is 0.116 e. The van der Waals surface area contributed by atoms with Gasteiger partial charge in [-0.05, 0) is 73.8 Å². The number of nitrogens with two attached hydrogens (primary N) is 1. The molecule has 0 fully saturated rings. The van der Waals surface area contributed by atoms with E-state index in [0.29, 0.717) is 11.4 Å². The third-order valence-corrected chi connectivity index (χ3v) is 5.89. The van der Waals surface area contributed by atoms with E-state index in [2.05, 4.69) is 89.6 Å². The fourth-order valence-corrected chi connectivity index (χ4v) is 3.99. The monoisotopic (exact) mass is 442 g/mol. The molecule has 0 aliphatic carbocycles. The van der Waals surface area contributed by atoms with Gasteiger partial charge in [0.2, 0.25) is 0 Å². The van der Waals surface area contributed by atoms with Gasteiger partial charge in [0.1, 0.15) is 5.69 Å². The van der Waals surface area contributed by atoms with Gasteiger partial charge in [0.15, 0.2) is 0 Å². The van der Waals surface area contributed by atoms with Crippen molar-refractivity contribution >= 4 is 44.9 Å². The minimum absolute atomic E-state index is 0.615. The number of benzene rings is 5. The first-order valence-electron chi connectivity index (χ1n) is 11.3. The van der Waals surface area contributed by atoms with Crippen LogP contribution in [0.15, 0.2) is 119 Å². The Labute approximate surface area is 200 Å². The highest BCUT2D eigenvalue weighted by Crippen LogP contribution is 2.37. The van der Waals surface area contributed by atoms with Crippen molar-refractivity contribution in [2.24, 2.45) is 10.2 Å². The standard InChI is InChI=1S/C30H26N4/c1-21-7-14-25(15-8-21)34(26-16-9-22(2)10-17-26)27-18-12-24(13-19-27)32-33-30-28-6-4-3-5-23(28)11-20-29(30)31/h3-20H,31H2,1-2H3. The third kappa shape index (κ3) is 4.39. The molecule has 0 aromatic heterocycles. The topological polar surface area (TPSA) is 54.0 Å². The number of hydrogen-bond donors (Lipinski definition) is 1. The predicted molar refractivity (Wildman–Crippen MR) is 143 cm³/mol. The van der Waals surface area contributed by atoms with Crippen molar-refractivity contribution in [3.63, 3.8) is 0 Å². The molecule has 5 aromatic carbocycles. The lowest BCUT2D eigenvalue weighted by Crippen LogP contribution is -2.09. The molecule has 5 aromatic rings. The van der Waals surface area contributed by atoms with Crippen LogP contribution in [0.2, 0.25) is 0 Å². The molecule has 166 valence electrons. The summed E-state index contributed by atoms with van der Waals surface area (Å²) in [5, 5.41) is 11.1. The molecule has 0 spiro atoms. The van der Waals surface area contributed by atoms with E-state index in [1.54, 1.807) is 0 Å². The summed E-state index contributed by atoms with van der Waals surface area (Å²) >= 11 is 0. The molecule has 4 nitrogen and oxygen atoms in total. The van der Waals surface area contributed by atoms with Crippen LogP contribution in [0.25, 0.3) is 10.8 Å². The molecule has 2 N–H and O–H groups in total. The van der Waals surface area contributed by atoms with Crippen molar-refractivity contribution in [3.8, 4) is 0 Å². The van der Waals surface area contributed by atoms with E-state index in [9.17, 15) is 0 Å². The van der Waals surface area contributed by atoms with Gasteiger partial charge in [-0.15, -0.1) is 5.11 Å². The van der Waals surface area contributed by atoms with Gasteiger partial charge in [0.25, 0.3) is 0 Å². The van der Waals surface area contributed by atoms with Gasteiger partial charge >= 0.3 is 0 Å². The molecule has 0 atom stereocenters. The summed E-state index contributed by atoms with van der Waals surface area (Å²) in [5.74, 6) is 0. The molecule has 0 aliphatic heterocycles. The van der Waals surface area contributed by atoms with Crippen LogP contribution in [0.3, 0.4) is 0 Å². The number of nitrogens with zero attached hydrogens (tertiary/aromatic N) is 3. The normalized spacial score (nSPS) is 11.2. The number of nitrogen functional groups attached to an aromatic ring is 1. The zero-order chi connectivity index (χ0) is 23.5. The highest BCUT2D eigenvalue weighted by Gasteiger charge is 2.12. The van der Waals surface area contributed by atoms with Gasteiger partial charge in [-0.25, -0.2) is 0 Å². The summed E-state index contributed by atoms with van der Waals surface area (Å²) in [7, 11) is 0. The SMILES string of the molecule is Cc1ccc(N(c2ccc(C)cc2)c2ccc(N=Nc3c(N)ccc4ccccc34)cc2)cc1. The molecule has 5 rings (SSSR count). The van der Waals surface area contributed by atoms with Crippen LogP contribution in [0, 0.1) is 13.8 Å². The number of rotatable bonds is 5. The van der Waals surface area contributed by atoms with Crippen LogP contribution in [-0.4, -0.2) is 0 Å². The van der Waals surface area contributed by atoms with E-state index in [-0.39, 0.29) is 0 Å². The van der Waals surface area contributed by atoms with Crippen LogP contribution in [0.5, 0.6) is 0 Å². The molecule has 0 aliphatic rings. The van der Waals surface area contributed by atoms with Crippen LogP contribution in [0.4, 0.5) is 34.1 Å². The Morgan fingerprint density at radius 2 is 1.09 bits per heavy atom. The summed E-state index contributed by atoms with van der Waals surface area (Å²) in [6.45, 7) is 4.20. The second-order valence-electron chi connectivity index (χ2n) is 8.45. The molecule has 0 amide bonds. The molecule has 0 unspecified atom stereocenters. The van der Waals surface area contributed by atoms with Gasteiger partial charge in [-0.2, -0.15) is 5.11 Å². The number of aryl methyl sites for hydroxylation is 2. The lowest BCUT2D eigenvalue weighted by atomic mass is 10.1. The van der Waals surface area contributed by atoms with Gasteiger partial charge < -0.3 is 10.6 Å². The van der Waals surface area contributed by atoms with Crippen molar-refractivity contribution in [1.82, 2.24) is 0 Å². The first-order chi connectivity index (χ1) is 16.6. The van der Waals surface area contributed by atoms with Crippen LogP contribution >= 0.6 is 0 Å². The largest absolute Gasteiger partial charge is 0.397 e. The molecule has 0 heterocycles. The zero-order valence-electron chi connectivity index (χ0n) is 19.3. The average molecular weight is 443 g/mol. The average Bonchev–Trinajstić information content (AvgIpc) is 2.87. The maximum absolute atomic E-state index is 6.20. The predicted octanol–water partition coefficient (Wildman–Crippen LogP) is 8.92. The Kier molecular flexibility index (Phi) is 5.79. The Morgan fingerprint density at radius 1 is 0.559 bits per heavy atom. The Morgan fingerprint density at radius 3 is 1.68 bits per heavy atom. The molecule has 0 radical (unpaired) electrons. The Balaban J connectivity index is 1.49. The van der Waals surface area contributed by atoms with Crippen LogP contribution in [0.1, 0.15) is 11.1 Å². The minimum atomic E-state index is 0.615. The van der Waals surface area contributed by atoms with Crippen molar-refractivity contribution in [3.05, 3.63) is 120 Å². The molecule has 0 saturated heterocycles. The molecule has 0 bridgehead atoms. The first kappa shape index (κ1) is 21.4. The Bertz CT molecular complexity index is 1410. The number of hydrogen-bond acceptors (Lipinski definition) is 4. The lowest BCUT2D eigenvalue weighted by Gasteiger charge is -2.25. The quantitative estimate of drug-likeness (QED) is 0.218. The van der Waals surface area contributed by atoms with E-state index in [1.807, 2.05) is 48.5 Å². The number of anilines is 4. The number of fused-ring (bicyclic) bond motifs is 1. The van der Waals surface area contributed by atoms with Crippen molar-refractivity contribution < 1.29 is 0 Å². The zero-order valence-corrected chi connectivity index (χ0v) is 19.3. The highest BCUT2D eigenvalue weighted by atomic mass is 15.1. The van der Waals surface area contributed by atoms with Gasteiger partial charge in [-0.1, -0.05) is 65.7 Å². The molecule has 34 heavy (non-hydrogen) atoms. The fraction of sp³-hybridized carbons (Fsp3) is 0.0667. The van der Waals surface area contributed by atoms with E-state index in [1.165, 1.54) is 11.1 Å². The summed E-state index contributed by atoms with van der Waals surface area (Å²) < 4.78 is 0. The van der Waals surface area contributed by atoms with E-state index in [4.69, 9.17) is 5.73 Å². The van der Waals surface area contributed by atoms with Gasteiger partial charge in [0, 0.05) is 22.4 Å². The summed E-state index contributed by atoms with van der Waals surface area (Å²) in [5.41, 5.74) is 14.0. The van der Waals surface area contributed by atoms with E-state index >= 15 is 0 Å². The second-order valence-corrected chi connectivity index (χ2v) is 8.45. The van der Waals surface area contributed by atoms with E-state index < -0.39 is 0 Å². The second kappa shape index (κ2) is 9.20. The van der Waals surface area contributed by atoms with Crippen molar-refractivity contribution in [2.45, 2.75) is 13.8 Å². The fourth-order valence-electron chi connectivity index (χ4n) is 3.99. The third-order valence-electron chi connectivity index (χ3n) is 5.89. The smallest absolute Gasteiger partial charge is 0.116 e. The van der Waals surface area contributed by atoms with Crippen molar-refractivity contribution in [2.75, 3.05) is 10.6 Å². The maximum atomic E-state index is 6.20. The summed E-state index contributed by atoms with van der Waals surface area (Å²) in [6, 6.07) is 37.2.